The van der Waals surface area contributed by atoms with Crippen molar-refractivity contribution in [2.75, 3.05) is 19.7 Å². The number of aliphatic hydroxyl groups excluding tert-OH is 1. The SMILES string of the molecule is CC1(C)CCCNC1C(=O)NCC1(CCO)CC1. The van der Waals surface area contributed by atoms with Gasteiger partial charge in [-0.05, 0) is 49.5 Å². The molecule has 2 fully saturated rings. The van der Waals surface area contributed by atoms with Crippen LogP contribution in [0.3, 0.4) is 0 Å². The first-order valence-corrected chi connectivity index (χ1v) is 7.11. The summed E-state index contributed by atoms with van der Waals surface area (Å²) in [5.74, 6) is 0.129. The number of hydrogen-bond donors (Lipinski definition) is 3. The topological polar surface area (TPSA) is 61.4 Å². The third kappa shape index (κ3) is 3.04. The summed E-state index contributed by atoms with van der Waals surface area (Å²) in [6.07, 6.45) is 5.32. The van der Waals surface area contributed by atoms with E-state index in [2.05, 4.69) is 24.5 Å². The Morgan fingerprint density at radius 2 is 2.11 bits per heavy atom. The predicted molar refractivity (Wildman–Crippen MR) is 71.2 cm³/mol. The average molecular weight is 254 g/mol. The lowest BCUT2D eigenvalue weighted by molar-refractivity contribution is -0.127. The Morgan fingerprint density at radius 3 is 2.67 bits per heavy atom. The summed E-state index contributed by atoms with van der Waals surface area (Å²) in [5.41, 5.74) is 0.235. The highest BCUT2D eigenvalue weighted by Gasteiger charge is 2.43. The second-order valence-electron chi connectivity index (χ2n) is 6.67. The van der Waals surface area contributed by atoms with Crippen LogP contribution in [0.1, 0.15) is 46.0 Å². The molecule has 0 bridgehead atoms. The molecule has 0 aromatic carbocycles. The first-order chi connectivity index (χ1) is 8.49. The molecule has 18 heavy (non-hydrogen) atoms. The van der Waals surface area contributed by atoms with Gasteiger partial charge in [-0.25, -0.2) is 0 Å². The maximum atomic E-state index is 12.3. The van der Waals surface area contributed by atoms with Crippen molar-refractivity contribution in [2.24, 2.45) is 10.8 Å². The van der Waals surface area contributed by atoms with E-state index in [1.165, 1.54) is 0 Å². The zero-order valence-corrected chi connectivity index (χ0v) is 11.6. The fraction of sp³-hybridized carbons (Fsp3) is 0.929. The summed E-state index contributed by atoms with van der Waals surface area (Å²) in [4.78, 5) is 12.3. The summed E-state index contributed by atoms with van der Waals surface area (Å²) in [6.45, 7) is 6.20. The summed E-state index contributed by atoms with van der Waals surface area (Å²) >= 11 is 0. The number of carbonyl (C=O) groups excluding carboxylic acids is 1. The van der Waals surface area contributed by atoms with Crippen LogP contribution in [0.4, 0.5) is 0 Å². The van der Waals surface area contributed by atoms with Crippen molar-refractivity contribution in [3.8, 4) is 0 Å². The normalized spacial score (nSPS) is 28.7. The van der Waals surface area contributed by atoms with Gasteiger partial charge in [-0.1, -0.05) is 13.8 Å². The number of rotatable bonds is 5. The molecule has 1 aliphatic carbocycles. The molecule has 2 rings (SSSR count). The Morgan fingerprint density at radius 1 is 1.39 bits per heavy atom. The van der Waals surface area contributed by atoms with E-state index in [-0.39, 0.29) is 29.4 Å². The summed E-state index contributed by atoms with van der Waals surface area (Å²) in [6, 6.07) is -0.0730. The molecule has 2 aliphatic rings. The zero-order valence-electron chi connectivity index (χ0n) is 11.6. The van der Waals surface area contributed by atoms with E-state index in [0.29, 0.717) is 0 Å². The van der Waals surface area contributed by atoms with Gasteiger partial charge in [-0.3, -0.25) is 4.79 Å². The van der Waals surface area contributed by atoms with Gasteiger partial charge < -0.3 is 15.7 Å². The molecule has 1 amide bonds. The third-order valence-corrected chi connectivity index (χ3v) is 4.63. The molecule has 3 N–H and O–H groups in total. The van der Waals surface area contributed by atoms with Gasteiger partial charge in [0.25, 0.3) is 0 Å². The highest BCUT2D eigenvalue weighted by atomic mass is 16.3. The van der Waals surface area contributed by atoms with E-state index in [1.54, 1.807) is 0 Å². The molecule has 0 aromatic rings. The Hall–Kier alpha value is -0.610. The molecule has 0 spiro atoms. The number of amides is 1. The monoisotopic (exact) mass is 254 g/mol. The summed E-state index contributed by atoms with van der Waals surface area (Å²) < 4.78 is 0. The quantitative estimate of drug-likeness (QED) is 0.687. The lowest BCUT2D eigenvalue weighted by Crippen LogP contribution is -2.56. The molecule has 0 aromatic heterocycles. The van der Waals surface area contributed by atoms with E-state index in [1.807, 2.05) is 0 Å². The maximum Gasteiger partial charge on any atom is 0.237 e. The number of aliphatic hydroxyl groups is 1. The van der Waals surface area contributed by atoms with Crippen molar-refractivity contribution >= 4 is 5.91 Å². The largest absolute Gasteiger partial charge is 0.396 e. The first kappa shape index (κ1) is 13.8. The van der Waals surface area contributed by atoms with E-state index in [4.69, 9.17) is 5.11 Å². The van der Waals surface area contributed by atoms with E-state index in [0.717, 1.165) is 45.2 Å². The van der Waals surface area contributed by atoms with Gasteiger partial charge in [-0.15, -0.1) is 0 Å². The Bertz CT molecular complexity index is 311. The van der Waals surface area contributed by atoms with Crippen LogP contribution in [0.15, 0.2) is 0 Å². The first-order valence-electron chi connectivity index (χ1n) is 7.11. The standard InChI is InChI=1S/C14H26N2O2/c1-13(2)4-3-8-15-11(13)12(18)16-10-14(5-6-14)7-9-17/h11,15,17H,3-10H2,1-2H3,(H,16,18). The van der Waals surface area contributed by atoms with Gasteiger partial charge in [0.1, 0.15) is 0 Å². The molecule has 1 atom stereocenters. The second-order valence-corrected chi connectivity index (χ2v) is 6.67. The molecule has 4 heteroatoms. The van der Waals surface area contributed by atoms with Gasteiger partial charge in [0.15, 0.2) is 0 Å². The Balaban J connectivity index is 1.84. The van der Waals surface area contributed by atoms with Crippen LogP contribution in [-0.2, 0) is 4.79 Å². The summed E-state index contributed by atoms with van der Waals surface area (Å²) in [7, 11) is 0. The summed E-state index contributed by atoms with van der Waals surface area (Å²) in [5, 5.41) is 15.4. The van der Waals surface area contributed by atoms with Crippen LogP contribution in [0.5, 0.6) is 0 Å². The van der Waals surface area contributed by atoms with Crippen LogP contribution in [0.2, 0.25) is 0 Å². The van der Waals surface area contributed by atoms with Crippen LogP contribution in [-0.4, -0.2) is 36.8 Å². The smallest absolute Gasteiger partial charge is 0.237 e. The van der Waals surface area contributed by atoms with Crippen molar-refractivity contribution in [2.45, 2.75) is 52.0 Å². The van der Waals surface area contributed by atoms with Crippen molar-refractivity contribution in [3.63, 3.8) is 0 Å². The number of hydrogen-bond acceptors (Lipinski definition) is 3. The second kappa shape index (κ2) is 5.17. The van der Waals surface area contributed by atoms with E-state index in [9.17, 15) is 4.79 Å². The third-order valence-electron chi connectivity index (χ3n) is 4.63. The van der Waals surface area contributed by atoms with Gasteiger partial charge in [0, 0.05) is 13.2 Å². The van der Waals surface area contributed by atoms with Crippen LogP contribution in [0.25, 0.3) is 0 Å². The Labute approximate surface area is 110 Å². The highest BCUT2D eigenvalue weighted by Crippen LogP contribution is 2.48. The van der Waals surface area contributed by atoms with E-state index >= 15 is 0 Å². The maximum absolute atomic E-state index is 12.3. The van der Waals surface area contributed by atoms with Crippen LogP contribution in [0, 0.1) is 10.8 Å². The number of piperidine rings is 1. The van der Waals surface area contributed by atoms with Crippen molar-refractivity contribution in [1.29, 1.82) is 0 Å². The highest BCUT2D eigenvalue weighted by molar-refractivity contribution is 5.82. The average Bonchev–Trinajstić information content (AvgIpc) is 3.06. The number of nitrogens with one attached hydrogen (secondary N) is 2. The molecule has 1 saturated heterocycles. The van der Waals surface area contributed by atoms with Gasteiger partial charge in [0.05, 0.1) is 6.04 Å². The molecule has 0 radical (unpaired) electrons. The van der Waals surface area contributed by atoms with Crippen molar-refractivity contribution in [3.05, 3.63) is 0 Å². The molecule has 1 heterocycles. The molecule has 1 saturated carbocycles. The van der Waals surface area contributed by atoms with Crippen LogP contribution >= 0.6 is 0 Å². The van der Waals surface area contributed by atoms with Gasteiger partial charge in [0.2, 0.25) is 5.91 Å². The molecular weight excluding hydrogens is 228 g/mol. The van der Waals surface area contributed by atoms with Crippen molar-refractivity contribution in [1.82, 2.24) is 10.6 Å². The fourth-order valence-corrected chi connectivity index (χ4v) is 2.96. The predicted octanol–water partition coefficient (Wildman–Crippen LogP) is 1.04. The Kier molecular flexibility index (Phi) is 3.97. The molecule has 4 nitrogen and oxygen atoms in total. The molecule has 104 valence electrons. The molecule has 1 unspecified atom stereocenters. The fourth-order valence-electron chi connectivity index (χ4n) is 2.96. The van der Waals surface area contributed by atoms with Crippen molar-refractivity contribution < 1.29 is 9.90 Å². The molecule has 1 aliphatic heterocycles. The number of carbonyl (C=O) groups is 1. The lowest BCUT2D eigenvalue weighted by Gasteiger charge is -2.38. The minimum atomic E-state index is -0.0730. The minimum absolute atomic E-state index is 0.0377. The minimum Gasteiger partial charge on any atom is -0.396 e. The zero-order chi connectivity index (χ0) is 13.2. The molecular formula is C14H26N2O2. The van der Waals surface area contributed by atoms with Gasteiger partial charge in [-0.2, -0.15) is 0 Å². The lowest BCUT2D eigenvalue weighted by atomic mass is 9.77. The van der Waals surface area contributed by atoms with Gasteiger partial charge >= 0.3 is 0 Å². The van der Waals surface area contributed by atoms with Crippen LogP contribution < -0.4 is 10.6 Å². The van der Waals surface area contributed by atoms with E-state index < -0.39 is 0 Å².